The van der Waals surface area contributed by atoms with E-state index < -0.39 is 0 Å². The Labute approximate surface area is 67.4 Å². The Bertz CT molecular complexity index is 125. The molecule has 0 aromatic rings. The summed E-state index contributed by atoms with van der Waals surface area (Å²) in [6.45, 7) is 1.95. The third-order valence-electron chi connectivity index (χ3n) is 2.51. The van der Waals surface area contributed by atoms with Crippen LogP contribution in [0, 0.1) is 5.41 Å². The molecule has 1 spiro atoms. The van der Waals surface area contributed by atoms with Gasteiger partial charge in [-0.3, -0.25) is 0 Å². The highest BCUT2D eigenvalue weighted by Gasteiger charge is 2.45. The van der Waals surface area contributed by atoms with Crippen LogP contribution >= 0.6 is 12.4 Å². The van der Waals surface area contributed by atoms with Gasteiger partial charge in [0.25, 0.3) is 0 Å². The molecule has 1 saturated heterocycles. The average Bonchev–Trinajstić information content (AvgIpc) is 2.49. The van der Waals surface area contributed by atoms with E-state index in [0.29, 0.717) is 5.41 Å². The van der Waals surface area contributed by atoms with Crippen LogP contribution in [-0.4, -0.2) is 24.3 Å². The summed E-state index contributed by atoms with van der Waals surface area (Å²) in [5.74, 6) is 0. The highest BCUT2D eigenvalue weighted by atomic mass is 35.5. The summed E-state index contributed by atoms with van der Waals surface area (Å²) in [5.41, 5.74) is 0.539. The van der Waals surface area contributed by atoms with Gasteiger partial charge in [0.1, 0.15) is 0 Å². The van der Waals surface area contributed by atoms with Crippen molar-refractivity contribution in [2.75, 3.05) is 13.1 Å². The summed E-state index contributed by atoms with van der Waals surface area (Å²) in [4.78, 5) is 0. The zero-order valence-electron chi connectivity index (χ0n) is 5.97. The van der Waals surface area contributed by atoms with Gasteiger partial charge in [-0.05, 0) is 24.7 Å². The maximum atomic E-state index is 9.22. The van der Waals surface area contributed by atoms with Crippen molar-refractivity contribution in [3.8, 4) is 0 Å². The summed E-state index contributed by atoms with van der Waals surface area (Å²) in [6.07, 6.45) is 3.63. The number of β-amino-alcohol motifs (C(OH)–C–C–N with tert-alkyl or cyclic N) is 1. The monoisotopic (exact) mass is 163 g/mol. The van der Waals surface area contributed by atoms with Gasteiger partial charge in [-0.25, -0.2) is 0 Å². The van der Waals surface area contributed by atoms with Crippen molar-refractivity contribution in [1.29, 1.82) is 0 Å². The van der Waals surface area contributed by atoms with E-state index in [2.05, 4.69) is 5.32 Å². The lowest BCUT2D eigenvalue weighted by Gasteiger charge is -2.26. The molecule has 1 aliphatic heterocycles. The summed E-state index contributed by atoms with van der Waals surface area (Å²) < 4.78 is 0. The van der Waals surface area contributed by atoms with E-state index in [9.17, 15) is 5.11 Å². The number of rotatable bonds is 0. The number of hydrogen-bond donors (Lipinski definition) is 2. The van der Waals surface area contributed by atoms with Crippen molar-refractivity contribution in [3.63, 3.8) is 0 Å². The summed E-state index contributed by atoms with van der Waals surface area (Å²) >= 11 is 0. The zero-order chi connectivity index (χ0) is 6.32. The Balaban J connectivity index is 0.000000500. The Morgan fingerprint density at radius 3 is 2.50 bits per heavy atom. The molecule has 1 atom stereocenters. The summed E-state index contributed by atoms with van der Waals surface area (Å²) in [7, 11) is 0. The highest BCUT2D eigenvalue weighted by molar-refractivity contribution is 5.85. The van der Waals surface area contributed by atoms with Crippen LogP contribution in [0.15, 0.2) is 0 Å². The van der Waals surface area contributed by atoms with Gasteiger partial charge in [0.2, 0.25) is 0 Å². The van der Waals surface area contributed by atoms with E-state index in [0.717, 1.165) is 19.5 Å². The van der Waals surface area contributed by atoms with E-state index in [-0.39, 0.29) is 18.5 Å². The van der Waals surface area contributed by atoms with Crippen LogP contribution in [0.5, 0.6) is 0 Å². The molecule has 1 saturated carbocycles. The van der Waals surface area contributed by atoms with Crippen molar-refractivity contribution < 1.29 is 5.11 Å². The standard InChI is InChI=1S/C7H13NO.ClH/c9-6-3-7(1-2-7)5-8-4-6;/h6,8-9H,1-5H2;1H. The van der Waals surface area contributed by atoms with Crippen molar-refractivity contribution in [2.24, 2.45) is 5.41 Å². The molecule has 2 fully saturated rings. The third kappa shape index (κ3) is 1.44. The van der Waals surface area contributed by atoms with Crippen LogP contribution in [-0.2, 0) is 0 Å². The molecule has 2 rings (SSSR count). The van der Waals surface area contributed by atoms with E-state index >= 15 is 0 Å². The number of hydrogen-bond acceptors (Lipinski definition) is 2. The Morgan fingerprint density at radius 1 is 1.40 bits per heavy atom. The fourth-order valence-electron chi connectivity index (χ4n) is 1.71. The minimum absolute atomic E-state index is 0. The first-order valence-corrected chi connectivity index (χ1v) is 3.70. The van der Waals surface area contributed by atoms with Gasteiger partial charge in [0.05, 0.1) is 6.10 Å². The molecule has 10 heavy (non-hydrogen) atoms. The van der Waals surface area contributed by atoms with E-state index in [1.807, 2.05) is 0 Å². The maximum absolute atomic E-state index is 9.22. The molecule has 0 aromatic carbocycles. The number of halogens is 1. The molecule has 1 unspecified atom stereocenters. The maximum Gasteiger partial charge on any atom is 0.0670 e. The summed E-state index contributed by atoms with van der Waals surface area (Å²) in [5, 5.41) is 12.5. The molecule has 0 bridgehead atoms. The number of aliphatic hydroxyl groups excluding tert-OH is 1. The van der Waals surface area contributed by atoms with Gasteiger partial charge in [-0.15, -0.1) is 12.4 Å². The predicted molar refractivity (Wildman–Crippen MR) is 42.4 cm³/mol. The predicted octanol–water partition coefficient (Wildman–Crippen LogP) is 0.543. The molecule has 0 radical (unpaired) electrons. The fraction of sp³-hybridized carbons (Fsp3) is 1.00. The normalized spacial score (nSPS) is 35.1. The topological polar surface area (TPSA) is 32.3 Å². The lowest BCUT2D eigenvalue weighted by molar-refractivity contribution is 0.106. The van der Waals surface area contributed by atoms with Crippen LogP contribution in [0.4, 0.5) is 0 Å². The molecular formula is C7H14ClNO. The van der Waals surface area contributed by atoms with Crippen molar-refractivity contribution in [3.05, 3.63) is 0 Å². The zero-order valence-corrected chi connectivity index (χ0v) is 6.78. The van der Waals surface area contributed by atoms with E-state index in [1.54, 1.807) is 0 Å². The Morgan fingerprint density at radius 2 is 2.10 bits per heavy atom. The molecule has 1 aliphatic carbocycles. The quantitative estimate of drug-likeness (QED) is 0.547. The van der Waals surface area contributed by atoms with Gasteiger partial charge in [-0.2, -0.15) is 0 Å². The number of nitrogens with one attached hydrogen (secondary N) is 1. The second-order valence-electron chi connectivity index (χ2n) is 3.49. The van der Waals surface area contributed by atoms with E-state index in [1.165, 1.54) is 12.8 Å². The first-order chi connectivity index (χ1) is 4.31. The minimum Gasteiger partial charge on any atom is -0.392 e. The van der Waals surface area contributed by atoms with Crippen molar-refractivity contribution >= 4 is 12.4 Å². The largest absolute Gasteiger partial charge is 0.392 e. The second kappa shape index (κ2) is 2.68. The van der Waals surface area contributed by atoms with Crippen LogP contribution in [0.2, 0.25) is 0 Å². The Hall–Kier alpha value is 0.210. The molecule has 2 nitrogen and oxygen atoms in total. The lowest BCUT2D eigenvalue weighted by Crippen LogP contribution is -2.40. The number of piperidine rings is 1. The van der Waals surface area contributed by atoms with Crippen LogP contribution < -0.4 is 5.32 Å². The molecule has 2 aliphatic rings. The molecule has 2 N–H and O–H groups in total. The highest BCUT2D eigenvalue weighted by Crippen LogP contribution is 2.50. The molecule has 3 heteroatoms. The van der Waals surface area contributed by atoms with Crippen LogP contribution in [0.3, 0.4) is 0 Å². The van der Waals surface area contributed by atoms with Gasteiger partial charge in [0, 0.05) is 13.1 Å². The van der Waals surface area contributed by atoms with E-state index in [4.69, 9.17) is 0 Å². The minimum atomic E-state index is -0.0683. The Kier molecular flexibility index (Phi) is 2.23. The summed E-state index contributed by atoms with van der Waals surface area (Å²) in [6, 6.07) is 0. The van der Waals surface area contributed by atoms with Crippen LogP contribution in [0.1, 0.15) is 19.3 Å². The lowest BCUT2D eigenvalue weighted by atomic mass is 9.95. The molecule has 0 amide bonds. The first-order valence-electron chi connectivity index (χ1n) is 3.70. The van der Waals surface area contributed by atoms with Gasteiger partial charge in [-0.1, -0.05) is 0 Å². The van der Waals surface area contributed by atoms with Crippen molar-refractivity contribution in [2.45, 2.75) is 25.4 Å². The third-order valence-corrected chi connectivity index (χ3v) is 2.51. The van der Waals surface area contributed by atoms with Crippen LogP contribution in [0.25, 0.3) is 0 Å². The second-order valence-corrected chi connectivity index (χ2v) is 3.49. The molecule has 60 valence electrons. The molecular weight excluding hydrogens is 150 g/mol. The van der Waals surface area contributed by atoms with Gasteiger partial charge < -0.3 is 10.4 Å². The molecule has 0 aromatic heterocycles. The van der Waals surface area contributed by atoms with Gasteiger partial charge in [0.15, 0.2) is 0 Å². The van der Waals surface area contributed by atoms with Gasteiger partial charge >= 0.3 is 0 Å². The average molecular weight is 164 g/mol. The fourth-order valence-corrected chi connectivity index (χ4v) is 1.71. The molecule has 1 heterocycles. The van der Waals surface area contributed by atoms with Crippen molar-refractivity contribution in [1.82, 2.24) is 5.32 Å². The SMILES string of the molecule is Cl.OC1CNCC2(CC2)C1. The number of aliphatic hydroxyl groups is 1. The first kappa shape index (κ1) is 8.31. The smallest absolute Gasteiger partial charge is 0.0670 e.